The maximum Gasteiger partial charge on any atom is 0.220 e. The number of rotatable bonds is 7. The van der Waals surface area contributed by atoms with E-state index >= 15 is 0 Å². The third-order valence-corrected chi connectivity index (χ3v) is 3.29. The molecule has 0 aliphatic carbocycles. The minimum atomic E-state index is -0.0557. The highest BCUT2D eigenvalue weighted by atomic mass is 16.5. The van der Waals surface area contributed by atoms with E-state index in [1.807, 2.05) is 57.2 Å². The molecular formula is C18H23NO3. The third-order valence-electron chi connectivity index (χ3n) is 3.29. The molecule has 22 heavy (non-hydrogen) atoms. The second-order valence-electron chi connectivity index (χ2n) is 5.61. The summed E-state index contributed by atoms with van der Waals surface area (Å²) in [6.45, 7) is 5.96. The van der Waals surface area contributed by atoms with Crippen LogP contribution in [0.4, 0.5) is 0 Å². The third kappa shape index (κ3) is 4.95. The van der Waals surface area contributed by atoms with E-state index in [9.17, 15) is 4.79 Å². The Morgan fingerprint density at radius 3 is 2.73 bits per heavy atom. The van der Waals surface area contributed by atoms with E-state index in [0.29, 0.717) is 12.8 Å². The average molecular weight is 301 g/mol. The van der Waals surface area contributed by atoms with Gasteiger partial charge in [0, 0.05) is 12.8 Å². The van der Waals surface area contributed by atoms with Crippen molar-refractivity contribution in [2.24, 2.45) is 0 Å². The lowest BCUT2D eigenvalue weighted by atomic mass is 10.1. The van der Waals surface area contributed by atoms with Gasteiger partial charge in [0.2, 0.25) is 5.91 Å². The molecule has 0 aliphatic heterocycles. The maximum atomic E-state index is 12.0. The molecule has 1 unspecified atom stereocenters. The number of benzene rings is 1. The first kappa shape index (κ1) is 16.1. The van der Waals surface area contributed by atoms with Crippen LogP contribution in [-0.4, -0.2) is 12.0 Å². The van der Waals surface area contributed by atoms with Crippen molar-refractivity contribution in [3.63, 3.8) is 0 Å². The SMILES string of the molecule is CC(C)Oc1cccc(C(C)NC(=O)CCc2ccco2)c1. The van der Waals surface area contributed by atoms with E-state index in [2.05, 4.69) is 5.32 Å². The fraction of sp³-hybridized carbons (Fsp3) is 0.389. The lowest BCUT2D eigenvalue weighted by molar-refractivity contribution is -0.121. The molecule has 1 heterocycles. The Balaban J connectivity index is 1.88. The van der Waals surface area contributed by atoms with E-state index in [4.69, 9.17) is 9.15 Å². The van der Waals surface area contributed by atoms with Gasteiger partial charge in [-0.2, -0.15) is 0 Å². The van der Waals surface area contributed by atoms with Gasteiger partial charge in [-0.3, -0.25) is 4.79 Å². The summed E-state index contributed by atoms with van der Waals surface area (Å²) in [5.41, 5.74) is 1.03. The Bertz CT molecular complexity index is 590. The quantitative estimate of drug-likeness (QED) is 0.844. The molecule has 0 aliphatic rings. The summed E-state index contributed by atoms with van der Waals surface area (Å²) in [4.78, 5) is 12.0. The van der Waals surface area contributed by atoms with Gasteiger partial charge >= 0.3 is 0 Å². The van der Waals surface area contributed by atoms with E-state index in [-0.39, 0.29) is 18.1 Å². The van der Waals surface area contributed by atoms with Gasteiger partial charge in [-0.05, 0) is 50.6 Å². The van der Waals surface area contributed by atoms with Gasteiger partial charge in [0.05, 0.1) is 18.4 Å². The minimum absolute atomic E-state index is 0.0130. The van der Waals surface area contributed by atoms with Crippen molar-refractivity contribution in [3.05, 3.63) is 54.0 Å². The monoisotopic (exact) mass is 301 g/mol. The molecule has 0 fully saturated rings. The second kappa shape index (κ2) is 7.69. The first-order valence-corrected chi connectivity index (χ1v) is 7.63. The van der Waals surface area contributed by atoms with Crippen LogP contribution in [0, 0.1) is 0 Å². The predicted octanol–water partition coefficient (Wildman–Crippen LogP) is 3.88. The van der Waals surface area contributed by atoms with Crippen molar-refractivity contribution >= 4 is 5.91 Å². The standard InChI is InChI=1S/C18H23NO3/c1-13(2)22-17-7-4-6-15(12-17)14(3)19-18(20)10-9-16-8-5-11-21-16/h4-8,11-14H,9-10H2,1-3H3,(H,19,20). The number of furan rings is 1. The molecule has 1 amide bonds. The predicted molar refractivity (Wildman–Crippen MR) is 85.8 cm³/mol. The Hall–Kier alpha value is -2.23. The van der Waals surface area contributed by atoms with Crippen molar-refractivity contribution < 1.29 is 13.9 Å². The van der Waals surface area contributed by atoms with Crippen LogP contribution in [0.25, 0.3) is 0 Å². The zero-order valence-electron chi connectivity index (χ0n) is 13.3. The fourth-order valence-electron chi connectivity index (χ4n) is 2.22. The number of amides is 1. The Kier molecular flexibility index (Phi) is 5.64. The molecule has 0 bridgehead atoms. The number of ether oxygens (including phenoxy) is 1. The molecule has 1 N–H and O–H groups in total. The van der Waals surface area contributed by atoms with E-state index in [0.717, 1.165) is 17.1 Å². The lowest BCUT2D eigenvalue weighted by Gasteiger charge is -2.16. The largest absolute Gasteiger partial charge is 0.491 e. The first-order valence-electron chi connectivity index (χ1n) is 7.63. The zero-order chi connectivity index (χ0) is 15.9. The van der Waals surface area contributed by atoms with Gasteiger partial charge in [0.1, 0.15) is 11.5 Å². The minimum Gasteiger partial charge on any atom is -0.491 e. The van der Waals surface area contributed by atoms with Crippen LogP contribution in [0.3, 0.4) is 0 Å². The molecular weight excluding hydrogens is 278 g/mol. The smallest absolute Gasteiger partial charge is 0.220 e. The number of aryl methyl sites for hydroxylation is 1. The molecule has 1 aromatic heterocycles. The number of hydrogen-bond donors (Lipinski definition) is 1. The van der Waals surface area contributed by atoms with E-state index in [1.165, 1.54) is 0 Å². The van der Waals surface area contributed by atoms with E-state index in [1.54, 1.807) is 6.26 Å². The number of nitrogens with one attached hydrogen (secondary N) is 1. The Morgan fingerprint density at radius 2 is 2.05 bits per heavy atom. The van der Waals surface area contributed by atoms with Crippen molar-refractivity contribution in [3.8, 4) is 5.75 Å². The molecule has 118 valence electrons. The topological polar surface area (TPSA) is 51.5 Å². The molecule has 0 saturated carbocycles. The van der Waals surface area contributed by atoms with Gasteiger partial charge < -0.3 is 14.5 Å². The van der Waals surface area contributed by atoms with Crippen LogP contribution in [0.15, 0.2) is 47.1 Å². The highest BCUT2D eigenvalue weighted by Gasteiger charge is 2.11. The van der Waals surface area contributed by atoms with Crippen LogP contribution in [-0.2, 0) is 11.2 Å². The summed E-state index contributed by atoms with van der Waals surface area (Å²) in [5.74, 6) is 1.67. The van der Waals surface area contributed by atoms with E-state index < -0.39 is 0 Å². The molecule has 1 atom stereocenters. The maximum absolute atomic E-state index is 12.0. The van der Waals surface area contributed by atoms with Crippen molar-refractivity contribution in [1.29, 1.82) is 0 Å². The van der Waals surface area contributed by atoms with Gasteiger partial charge in [-0.15, -0.1) is 0 Å². The van der Waals surface area contributed by atoms with Crippen molar-refractivity contribution in [2.45, 2.75) is 45.8 Å². The van der Waals surface area contributed by atoms with Gasteiger partial charge in [-0.1, -0.05) is 12.1 Å². The van der Waals surface area contributed by atoms with Crippen LogP contribution in [0.2, 0.25) is 0 Å². The van der Waals surface area contributed by atoms with Crippen LogP contribution in [0.1, 0.15) is 44.6 Å². The Morgan fingerprint density at radius 1 is 1.23 bits per heavy atom. The zero-order valence-corrected chi connectivity index (χ0v) is 13.3. The number of hydrogen-bond acceptors (Lipinski definition) is 3. The summed E-state index contributed by atoms with van der Waals surface area (Å²) in [5, 5.41) is 3.00. The highest BCUT2D eigenvalue weighted by molar-refractivity contribution is 5.76. The molecule has 4 heteroatoms. The molecule has 0 saturated heterocycles. The van der Waals surface area contributed by atoms with Gasteiger partial charge in [0.15, 0.2) is 0 Å². The van der Waals surface area contributed by atoms with Crippen molar-refractivity contribution in [2.75, 3.05) is 0 Å². The summed E-state index contributed by atoms with van der Waals surface area (Å²) >= 11 is 0. The molecule has 0 radical (unpaired) electrons. The summed E-state index contributed by atoms with van der Waals surface area (Å²) in [7, 11) is 0. The molecule has 0 spiro atoms. The normalized spacial score (nSPS) is 12.2. The van der Waals surface area contributed by atoms with Crippen LogP contribution < -0.4 is 10.1 Å². The van der Waals surface area contributed by atoms with Crippen LogP contribution in [0.5, 0.6) is 5.75 Å². The van der Waals surface area contributed by atoms with Gasteiger partial charge in [-0.25, -0.2) is 0 Å². The molecule has 2 rings (SSSR count). The fourth-order valence-corrected chi connectivity index (χ4v) is 2.22. The number of carbonyl (C=O) groups excluding carboxylic acids is 1. The molecule has 1 aromatic carbocycles. The lowest BCUT2D eigenvalue weighted by Crippen LogP contribution is -2.26. The number of carbonyl (C=O) groups is 1. The summed E-state index contributed by atoms with van der Waals surface area (Å²) in [6.07, 6.45) is 2.78. The first-order chi connectivity index (χ1) is 10.5. The van der Waals surface area contributed by atoms with Gasteiger partial charge in [0.25, 0.3) is 0 Å². The molecule has 2 aromatic rings. The highest BCUT2D eigenvalue weighted by Crippen LogP contribution is 2.20. The summed E-state index contributed by atoms with van der Waals surface area (Å²) < 4.78 is 10.9. The Labute approximate surface area is 131 Å². The van der Waals surface area contributed by atoms with Crippen LogP contribution >= 0.6 is 0 Å². The second-order valence-corrected chi connectivity index (χ2v) is 5.61. The summed E-state index contributed by atoms with van der Waals surface area (Å²) in [6, 6.07) is 11.5. The van der Waals surface area contributed by atoms with Crippen molar-refractivity contribution in [1.82, 2.24) is 5.32 Å². The average Bonchev–Trinajstić information content (AvgIpc) is 2.98. The molecule has 4 nitrogen and oxygen atoms in total.